The van der Waals surface area contributed by atoms with Crippen LogP contribution in [-0.2, 0) is 21.8 Å². The Hall–Kier alpha value is -3.34. The molecule has 0 bridgehead atoms. The molecule has 0 saturated carbocycles. The summed E-state index contributed by atoms with van der Waals surface area (Å²) >= 11 is 0. The SMILES string of the molecule is C[C@H]1CN(S(=O)(=O)c2cccc(C(=O)Nc3ccc(C(=O)c4nccn4C)cc3)c2)C[C@H](C)O1. The first-order chi connectivity index (χ1) is 16.1. The second-order valence-corrected chi connectivity index (χ2v) is 10.3. The monoisotopic (exact) mass is 482 g/mol. The Kier molecular flexibility index (Phi) is 6.65. The van der Waals surface area contributed by atoms with Gasteiger partial charge in [-0.1, -0.05) is 6.07 Å². The number of anilines is 1. The third-order valence-electron chi connectivity index (χ3n) is 5.55. The van der Waals surface area contributed by atoms with Gasteiger partial charge in [0, 0.05) is 49.3 Å². The summed E-state index contributed by atoms with van der Waals surface area (Å²) in [6.45, 7) is 4.17. The third-order valence-corrected chi connectivity index (χ3v) is 7.38. The third kappa shape index (κ3) is 4.93. The van der Waals surface area contributed by atoms with Crippen molar-refractivity contribution in [3.8, 4) is 0 Å². The Morgan fingerprint density at radius 1 is 1.03 bits per heavy atom. The molecular formula is C24H26N4O5S. The van der Waals surface area contributed by atoms with E-state index in [9.17, 15) is 18.0 Å². The minimum Gasteiger partial charge on any atom is -0.373 e. The van der Waals surface area contributed by atoms with Gasteiger partial charge in [-0.05, 0) is 56.3 Å². The molecule has 0 radical (unpaired) electrons. The lowest BCUT2D eigenvalue weighted by Gasteiger charge is -2.34. The molecule has 4 rings (SSSR count). The number of aromatic nitrogens is 2. The number of morpholine rings is 1. The van der Waals surface area contributed by atoms with Crippen LogP contribution >= 0.6 is 0 Å². The summed E-state index contributed by atoms with van der Waals surface area (Å²) < 4.78 is 34.9. The summed E-state index contributed by atoms with van der Waals surface area (Å²) in [6, 6.07) is 12.4. The maximum Gasteiger partial charge on any atom is 0.255 e. The molecule has 0 aliphatic carbocycles. The van der Waals surface area contributed by atoms with Gasteiger partial charge >= 0.3 is 0 Å². The molecule has 3 aromatic rings. The Labute approximate surface area is 198 Å². The van der Waals surface area contributed by atoms with Crippen LogP contribution in [0.2, 0.25) is 0 Å². The van der Waals surface area contributed by atoms with Crippen molar-refractivity contribution >= 4 is 27.4 Å². The summed E-state index contributed by atoms with van der Waals surface area (Å²) in [5, 5.41) is 2.74. The minimum atomic E-state index is -3.77. The maximum atomic E-state index is 13.1. The van der Waals surface area contributed by atoms with Crippen molar-refractivity contribution < 1.29 is 22.7 Å². The molecule has 10 heteroatoms. The highest BCUT2D eigenvalue weighted by atomic mass is 32.2. The fourth-order valence-electron chi connectivity index (χ4n) is 3.90. The van der Waals surface area contributed by atoms with Crippen LogP contribution in [0.25, 0.3) is 0 Å². The van der Waals surface area contributed by atoms with E-state index in [0.29, 0.717) is 17.1 Å². The van der Waals surface area contributed by atoms with E-state index < -0.39 is 15.9 Å². The molecule has 1 saturated heterocycles. The number of nitrogens with zero attached hydrogens (tertiary/aromatic N) is 3. The predicted octanol–water partition coefficient (Wildman–Crippen LogP) is 2.70. The number of imidazole rings is 1. The van der Waals surface area contributed by atoms with Crippen LogP contribution in [0.1, 0.15) is 40.4 Å². The number of amides is 1. The lowest BCUT2D eigenvalue weighted by molar-refractivity contribution is -0.0440. The highest BCUT2D eigenvalue weighted by molar-refractivity contribution is 7.89. The Morgan fingerprint density at radius 2 is 1.71 bits per heavy atom. The zero-order chi connectivity index (χ0) is 24.5. The van der Waals surface area contributed by atoms with Gasteiger partial charge in [-0.3, -0.25) is 9.59 Å². The number of carbonyl (C=O) groups is 2. The Balaban J connectivity index is 1.48. The number of nitrogens with one attached hydrogen (secondary N) is 1. The minimum absolute atomic E-state index is 0.0532. The normalized spacial score (nSPS) is 19.0. The zero-order valence-corrected chi connectivity index (χ0v) is 20.0. The molecule has 1 fully saturated rings. The zero-order valence-electron chi connectivity index (χ0n) is 19.1. The van der Waals surface area contributed by atoms with Crippen molar-refractivity contribution in [1.29, 1.82) is 0 Å². The molecular weight excluding hydrogens is 456 g/mol. The van der Waals surface area contributed by atoms with Crippen molar-refractivity contribution in [2.45, 2.75) is 31.0 Å². The van der Waals surface area contributed by atoms with E-state index in [2.05, 4.69) is 10.3 Å². The van der Waals surface area contributed by atoms with Crippen LogP contribution < -0.4 is 5.32 Å². The lowest BCUT2D eigenvalue weighted by atomic mass is 10.1. The first kappa shape index (κ1) is 23.8. The maximum absolute atomic E-state index is 13.1. The van der Waals surface area contributed by atoms with Gasteiger partial charge in [-0.25, -0.2) is 13.4 Å². The van der Waals surface area contributed by atoms with Gasteiger partial charge in [0.25, 0.3) is 5.91 Å². The van der Waals surface area contributed by atoms with Crippen LogP contribution in [0, 0.1) is 0 Å². The van der Waals surface area contributed by atoms with Crippen LogP contribution in [0.4, 0.5) is 5.69 Å². The molecule has 0 unspecified atom stereocenters. The molecule has 178 valence electrons. The second kappa shape index (κ2) is 9.49. The summed E-state index contributed by atoms with van der Waals surface area (Å²) in [7, 11) is -2.03. The number of ether oxygens (including phenoxy) is 1. The first-order valence-electron chi connectivity index (χ1n) is 10.8. The molecule has 2 atom stereocenters. The molecule has 1 aliphatic rings. The molecule has 2 aromatic carbocycles. The van der Waals surface area contributed by atoms with E-state index in [1.807, 2.05) is 13.8 Å². The first-order valence-corrected chi connectivity index (χ1v) is 12.3. The van der Waals surface area contributed by atoms with Gasteiger partial charge in [0.05, 0.1) is 17.1 Å². The average molecular weight is 483 g/mol. The topological polar surface area (TPSA) is 111 Å². The number of hydrogen-bond donors (Lipinski definition) is 1. The van der Waals surface area contributed by atoms with Gasteiger partial charge < -0.3 is 14.6 Å². The number of ketones is 1. The molecule has 34 heavy (non-hydrogen) atoms. The summed E-state index contributed by atoms with van der Waals surface area (Å²) in [5.74, 6) is -0.363. The quantitative estimate of drug-likeness (QED) is 0.541. The van der Waals surface area contributed by atoms with E-state index in [1.165, 1.54) is 16.4 Å². The van der Waals surface area contributed by atoms with Gasteiger partial charge in [-0.15, -0.1) is 0 Å². The molecule has 1 amide bonds. The van der Waals surface area contributed by atoms with Crippen LogP contribution in [0.5, 0.6) is 0 Å². The van der Waals surface area contributed by atoms with Gasteiger partial charge in [-0.2, -0.15) is 4.31 Å². The van der Waals surface area contributed by atoms with Gasteiger partial charge in [0.1, 0.15) is 0 Å². The number of carbonyl (C=O) groups excluding carboxylic acids is 2. The average Bonchev–Trinajstić information content (AvgIpc) is 3.24. The van der Waals surface area contributed by atoms with E-state index >= 15 is 0 Å². The van der Waals surface area contributed by atoms with E-state index in [4.69, 9.17) is 4.74 Å². The number of sulfonamides is 1. The second-order valence-electron chi connectivity index (χ2n) is 8.33. The highest BCUT2D eigenvalue weighted by Crippen LogP contribution is 2.22. The lowest BCUT2D eigenvalue weighted by Crippen LogP contribution is -2.48. The standard InChI is InChI=1S/C24H26N4O5S/c1-16-14-28(15-17(2)33-16)34(31,32)21-6-4-5-19(13-21)24(30)26-20-9-7-18(8-10-20)22(29)23-25-11-12-27(23)3/h4-13,16-17H,14-15H2,1-3H3,(H,26,30)/t16-,17-/m0/s1. The smallest absolute Gasteiger partial charge is 0.255 e. The van der Waals surface area contributed by atoms with Crippen molar-refractivity contribution in [2.24, 2.45) is 7.05 Å². The predicted molar refractivity (Wildman–Crippen MR) is 126 cm³/mol. The van der Waals surface area contributed by atoms with E-state index in [0.717, 1.165) is 0 Å². The summed E-state index contributed by atoms with van der Waals surface area (Å²) in [5.41, 5.74) is 1.13. The van der Waals surface area contributed by atoms with Crippen molar-refractivity contribution in [3.05, 3.63) is 77.9 Å². The van der Waals surface area contributed by atoms with Crippen LogP contribution in [0.3, 0.4) is 0 Å². The van der Waals surface area contributed by atoms with E-state index in [-0.39, 0.29) is 41.5 Å². The fraction of sp³-hybridized carbons (Fsp3) is 0.292. The Bertz CT molecular complexity index is 1310. The highest BCUT2D eigenvalue weighted by Gasteiger charge is 2.32. The van der Waals surface area contributed by atoms with Crippen molar-refractivity contribution in [3.63, 3.8) is 0 Å². The van der Waals surface area contributed by atoms with E-state index in [1.54, 1.807) is 60.4 Å². The van der Waals surface area contributed by atoms with Crippen molar-refractivity contribution in [1.82, 2.24) is 13.9 Å². The van der Waals surface area contributed by atoms with Gasteiger partial charge in [0.2, 0.25) is 15.8 Å². The molecule has 1 aromatic heterocycles. The number of aryl methyl sites for hydroxylation is 1. The number of hydrogen-bond acceptors (Lipinski definition) is 6. The summed E-state index contributed by atoms with van der Waals surface area (Å²) in [4.78, 5) is 29.5. The molecule has 2 heterocycles. The molecule has 1 N–H and O–H groups in total. The van der Waals surface area contributed by atoms with Crippen LogP contribution in [-0.4, -0.2) is 59.3 Å². The van der Waals surface area contributed by atoms with Crippen LogP contribution in [0.15, 0.2) is 65.8 Å². The molecule has 1 aliphatic heterocycles. The summed E-state index contributed by atoms with van der Waals surface area (Å²) in [6.07, 6.45) is 2.82. The largest absolute Gasteiger partial charge is 0.373 e. The van der Waals surface area contributed by atoms with Crippen molar-refractivity contribution in [2.75, 3.05) is 18.4 Å². The van der Waals surface area contributed by atoms with Gasteiger partial charge in [0.15, 0.2) is 5.82 Å². The number of rotatable bonds is 6. The Morgan fingerprint density at radius 3 is 2.32 bits per heavy atom. The number of benzene rings is 2. The fourth-order valence-corrected chi connectivity index (χ4v) is 5.53. The molecule has 0 spiro atoms. The molecule has 9 nitrogen and oxygen atoms in total.